The second-order valence-electron chi connectivity index (χ2n) is 13.6. The Labute approximate surface area is 292 Å². The van der Waals surface area contributed by atoms with Gasteiger partial charge in [-0.25, -0.2) is 20.7 Å². The maximum atomic E-state index is 13.7. The van der Waals surface area contributed by atoms with Crippen LogP contribution in [0.5, 0.6) is 0 Å². The zero-order chi connectivity index (χ0) is 35.7. The number of pyridine rings is 1. The maximum Gasteiger partial charge on any atom is 0.407 e. The van der Waals surface area contributed by atoms with Crippen LogP contribution in [0.1, 0.15) is 57.6 Å². The number of anilines is 1. The minimum absolute atomic E-state index is 0.150. The van der Waals surface area contributed by atoms with Crippen LogP contribution >= 0.6 is 0 Å². The van der Waals surface area contributed by atoms with Crippen LogP contribution in [0.15, 0.2) is 78.2 Å². The molecule has 2 aromatic heterocycles. The Bertz CT molecular complexity index is 1790. The van der Waals surface area contributed by atoms with Crippen LogP contribution in [-0.2, 0) is 20.7 Å². The van der Waals surface area contributed by atoms with Crippen LogP contribution in [0.3, 0.4) is 0 Å². The first kappa shape index (κ1) is 35.9. The SMILES string of the molecule is CNNN=C(N)c1ccc(NC(=O)C(Cc2ccc(-c3cnc4[nH]ccc4c3)cc2)NC(=O)C2CCC(CNC(=O)OC(C)(C)C)CC2)cc1. The molecule has 1 atom stereocenters. The second-order valence-corrected chi connectivity index (χ2v) is 13.6. The third-order valence-electron chi connectivity index (χ3n) is 8.65. The number of nitrogens with two attached hydrogens (primary N) is 1. The lowest BCUT2D eigenvalue weighted by molar-refractivity contribution is -0.130. The third kappa shape index (κ3) is 10.0. The molecule has 264 valence electrons. The molecular formula is C37H47N9O4. The van der Waals surface area contributed by atoms with Crippen molar-refractivity contribution in [2.24, 2.45) is 22.7 Å². The molecule has 2 heterocycles. The molecule has 50 heavy (non-hydrogen) atoms. The molecule has 1 aliphatic rings. The molecule has 0 bridgehead atoms. The van der Waals surface area contributed by atoms with Crippen LogP contribution < -0.4 is 32.6 Å². The number of alkyl carbamates (subject to hydrolysis) is 1. The van der Waals surface area contributed by atoms with E-state index in [-0.39, 0.29) is 29.5 Å². The number of amides is 3. The van der Waals surface area contributed by atoms with Gasteiger partial charge in [0.2, 0.25) is 11.8 Å². The van der Waals surface area contributed by atoms with Gasteiger partial charge in [0, 0.05) is 60.5 Å². The van der Waals surface area contributed by atoms with Gasteiger partial charge < -0.3 is 31.4 Å². The number of hydrazine groups is 1. The molecule has 1 saturated carbocycles. The van der Waals surface area contributed by atoms with Crippen LogP contribution in [0, 0.1) is 11.8 Å². The highest BCUT2D eigenvalue weighted by atomic mass is 16.6. The van der Waals surface area contributed by atoms with Gasteiger partial charge in [0.05, 0.1) is 0 Å². The number of nitrogens with one attached hydrogen (secondary N) is 6. The van der Waals surface area contributed by atoms with E-state index in [9.17, 15) is 14.4 Å². The predicted molar refractivity (Wildman–Crippen MR) is 195 cm³/mol. The number of H-pyrrole nitrogens is 1. The predicted octanol–water partition coefficient (Wildman–Crippen LogP) is 4.57. The largest absolute Gasteiger partial charge is 0.444 e. The van der Waals surface area contributed by atoms with Crippen LogP contribution in [-0.4, -0.2) is 58.9 Å². The van der Waals surface area contributed by atoms with Crippen LogP contribution in [0.2, 0.25) is 0 Å². The minimum atomic E-state index is -0.816. The molecule has 1 unspecified atom stereocenters. The van der Waals surface area contributed by atoms with Crippen molar-refractivity contribution in [2.75, 3.05) is 18.9 Å². The number of fused-ring (bicyclic) bond motifs is 1. The Hall–Kier alpha value is -5.43. The Morgan fingerprint density at radius 3 is 2.40 bits per heavy atom. The van der Waals surface area contributed by atoms with Gasteiger partial charge >= 0.3 is 6.09 Å². The summed E-state index contributed by atoms with van der Waals surface area (Å²) in [4.78, 5) is 47.0. The number of aromatic amines is 1. The van der Waals surface area contributed by atoms with Crippen molar-refractivity contribution in [2.45, 2.75) is 64.5 Å². The Balaban J connectivity index is 1.24. The summed E-state index contributed by atoms with van der Waals surface area (Å²) in [5, 5.41) is 13.9. The molecule has 13 heteroatoms. The Morgan fingerprint density at radius 1 is 1.00 bits per heavy atom. The summed E-state index contributed by atoms with van der Waals surface area (Å²) < 4.78 is 5.35. The molecule has 0 spiro atoms. The van der Waals surface area contributed by atoms with E-state index in [1.807, 2.05) is 63.5 Å². The van der Waals surface area contributed by atoms with Crippen molar-refractivity contribution in [1.29, 1.82) is 0 Å². The number of benzene rings is 2. The number of ether oxygens (including phenoxy) is 1. The van der Waals surface area contributed by atoms with Crippen molar-refractivity contribution in [3.05, 3.63) is 84.2 Å². The lowest BCUT2D eigenvalue weighted by Gasteiger charge is -2.29. The Kier molecular flexibility index (Phi) is 11.7. The molecule has 2 aromatic carbocycles. The fourth-order valence-corrected chi connectivity index (χ4v) is 5.97. The fraction of sp³-hybridized carbons (Fsp3) is 0.378. The van der Waals surface area contributed by atoms with Gasteiger partial charge in [-0.2, -0.15) is 0 Å². The van der Waals surface area contributed by atoms with Gasteiger partial charge in [-0.3, -0.25) is 9.59 Å². The third-order valence-corrected chi connectivity index (χ3v) is 8.65. The van der Waals surface area contributed by atoms with Gasteiger partial charge in [0.15, 0.2) is 5.84 Å². The summed E-state index contributed by atoms with van der Waals surface area (Å²) in [5.74, 6) is -0.166. The van der Waals surface area contributed by atoms with Crippen molar-refractivity contribution in [3.63, 3.8) is 0 Å². The molecule has 1 fully saturated rings. The first-order valence-corrected chi connectivity index (χ1v) is 16.9. The topological polar surface area (TPSA) is 188 Å². The zero-order valence-electron chi connectivity index (χ0n) is 29.0. The Morgan fingerprint density at radius 2 is 1.72 bits per heavy atom. The van der Waals surface area contributed by atoms with Crippen LogP contribution in [0.4, 0.5) is 10.5 Å². The lowest BCUT2D eigenvalue weighted by atomic mass is 9.81. The standard InChI is InChI=1S/C37H47N9O4/c1-37(2,3)50-36(49)42-21-24-7-11-27(12-8-24)34(47)44-31(35(48)43-30-15-13-26(14-16-30)32(38)45-46-39-4)19-23-5-9-25(10-6-23)29-20-28-17-18-40-33(28)41-22-29/h5-6,9-10,13-18,20,22,24,27,31,39,46H,7-8,11-12,19,21H2,1-4H3,(H2,38,45)(H,40,41)(H,42,49)(H,43,48)(H,44,47). The molecule has 8 N–H and O–H groups in total. The monoisotopic (exact) mass is 681 g/mol. The number of hydrazone groups is 1. The number of aromatic nitrogens is 2. The summed E-state index contributed by atoms with van der Waals surface area (Å²) in [6.07, 6.45) is 6.47. The smallest absolute Gasteiger partial charge is 0.407 e. The second kappa shape index (κ2) is 16.3. The number of rotatable bonds is 12. The molecule has 4 aromatic rings. The average molecular weight is 682 g/mol. The average Bonchev–Trinajstić information content (AvgIpc) is 3.58. The van der Waals surface area contributed by atoms with Gasteiger partial charge in [-0.15, -0.1) is 5.10 Å². The van der Waals surface area contributed by atoms with Gasteiger partial charge in [-0.1, -0.05) is 24.3 Å². The highest BCUT2D eigenvalue weighted by molar-refractivity contribution is 6.00. The van der Waals surface area contributed by atoms with Crippen molar-refractivity contribution in [3.8, 4) is 11.1 Å². The van der Waals surface area contributed by atoms with E-state index in [0.29, 0.717) is 37.1 Å². The van der Waals surface area contributed by atoms with Crippen molar-refractivity contribution in [1.82, 2.24) is 31.6 Å². The normalized spacial score (nSPS) is 17.1. The number of hydrogen-bond donors (Lipinski definition) is 7. The summed E-state index contributed by atoms with van der Waals surface area (Å²) in [6, 6.07) is 18.2. The van der Waals surface area contributed by atoms with Crippen molar-refractivity contribution >= 4 is 40.5 Å². The molecule has 0 radical (unpaired) electrons. The quantitative estimate of drug-likeness (QED) is 0.0643. The molecule has 3 amide bonds. The minimum Gasteiger partial charge on any atom is -0.444 e. The van der Waals surface area contributed by atoms with E-state index in [0.717, 1.165) is 40.6 Å². The summed E-state index contributed by atoms with van der Waals surface area (Å²) in [7, 11) is 1.68. The van der Waals surface area contributed by atoms with E-state index >= 15 is 0 Å². The number of nitrogens with zero attached hydrogens (tertiary/aromatic N) is 2. The summed E-state index contributed by atoms with van der Waals surface area (Å²) in [6.45, 7) is 5.99. The van der Waals surface area contributed by atoms with E-state index in [4.69, 9.17) is 10.5 Å². The summed E-state index contributed by atoms with van der Waals surface area (Å²) in [5.41, 5.74) is 15.7. The first-order chi connectivity index (χ1) is 24.0. The highest BCUT2D eigenvalue weighted by Gasteiger charge is 2.30. The van der Waals surface area contributed by atoms with Gasteiger partial charge in [-0.05, 0) is 99.9 Å². The number of hydrogen-bond acceptors (Lipinski definition) is 8. The molecule has 13 nitrogen and oxygen atoms in total. The van der Waals surface area contributed by atoms with E-state index < -0.39 is 17.7 Å². The van der Waals surface area contributed by atoms with E-state index in [2.05, 4.69) is 48.0 Å². The molecule has 0 saturated heterocycles. The van der Waals surface area contributed by atoms with Crippen LogP contribution in [0.25, 0.3) is 22.2 Å². The molecular weight excluding hydrogens is 634 g/mol. The fourth-order valence-electron chi connectivity index (χ4n) is 5.97. The van der Waals surface area contributed by atoms with Crippen molar-refractivity contribution < 1.29 is 19.1 Å². The number of carbonyl (C=O) groups is 3. The van der Waals surface area contributed by atoms with Gasteiger partial charge in [0.25, 0.3) is 0 Å². The van der Waals surface area contributed by atoms with E-state index in [1.54, 1.807) is 31.3 Å². The highest BCUT2D eigenvalue weighted by Crippen LogP contribution is 2.29. The molecule has 5 rings (SSSR count). The number of carbonyl (C=O) groups excluding carboxylic acids is 3. The molecule has 0 aliphatic heterocycles. The van der Waals surface area contributed by atoms with E-state index in [1.165, 1.54) is 0 Å². The number of amidine groups is 1. The summed E-state index contributed by atoms with van der Waals surface area (Å²) >= 11 is 0. The first-order valence-electron chi connectivity index (χ1n) is 16.9. The lowest BCUT2D eigenvalue weighted by Crippen LogP contribution is -2.48. The maximum absolute atomic E-state index is 13.7. The van der Waals surface area contributed by atoms with Gasteiger partial charge in [0.1, 0.15) is 17.3 Å². The zero-order valence-corrected chi connectivity index (χ0v) is 29.0. The molecule has 1 aliphatic carbocycles.